The lowest BCUT2D eigenvalue weighted by molar-refractivity contribution is 0.482. The van der Waals surface area contributed by atoms with Gasteiger partial charge in [-0.25, -0.2) is 0 Å². The summed E-state index contributed by atoms with van der Waals surface area (Å²) in [7, 11) is 0. The molecule has 3 aromatic rings. The number of benzene rings is 2. The number of aromatic nitrogens is 2. The van der Waals surface area contributed by atoms with Crippen molar-refractivity contribution in [2.75, 3.05) is 0 Å². The molecule has 0 radical (unpaired) electrons. The van der Waals surface area contributed by atoms with Crippen LogP contribution in [0.1, 0.15) is 29.4 Å². The number of nitrogens with one attached hydrogen (secondary N) is 1. The molecule has 1 aromatic heterocycles. The van der Waals surface area contributed by atoms with E-state index in [9.17, 15) is 4.79 Å². The highest BCUT2D eigenvalue weighted by atomic mass is 35.5. The molecule has 0 saturated carbocycles. The minimum atomic E-state index is -0.136. The second kappa shape index (κ2) is 8.19. The Kier molecular flexibility index (Phi) is 5.74. The van der Waals surface area contributed by atoms with Gasteiger partial charge in [-0.05, 0) is 61.2 Å². The third-order valence-corrected chi connectivity index (χ3v) is 4.67. The first-order valence-corrected chi connectivity index (χ1v) is 9.03. The van der Waals surface area contributed by atoms with Gasteiger partial charge in [0.2, 0.25) is 0 Å². The first-order valence-electron chi connectivity index (χ1n) is 8.65. The maximum Gasteiger partial charge on any atom is 0.276 e. The molecule has 3 rings (SSSR count). The summed E-state index contributed by atoms with van der Waals surface area (Å²) < 4.78 is 5.85. The van der Waals surface area contributed by atoms with Crippen LogP contribution >= 0.6 is 11.6 Å². The summed E-state index contributed by atoms with van der Waals surface area (Å²) >= 11 is 6.03. The lowest BCUT2D eigenvalue weighted by Gasteiger charge is -2.08. The molecule has 0 saturated heterocycles. The van der Waals surface area contributed by atoms with Crippen molar-refractivity contribution in [2.45, 2.75) is 33.1 Å². The minimum absolute atomic E-state index is 0.136. The van der Waals surface area contributed by atoms with Crippen LogP contribution in [0.25, 0.3) is 0 Å². The van der Waals surface area contributed by atoms with Crippen molar-refractivity contribution < 1.29 is 4.74 Å². The smallest absolute Gasteiger partial charge is 0.276 e. The SMILES string of the molecule is CCc1c[nH]c(CCc2ccc(Oc3ccc(Cl)c(C)c3)cc2)nc1=O. The molecule has 4 nitrogen and oxygen atoms in total. The predicted octanol–water partition coefficient (Wildman–Crippen LogP) is 4.87. The van der Waals surface area contributed by atoms with Gasteiger partial charge in [0, 0.05) is 23.2 Å². The van der Waals surface area contributed by atoms with Crippen molar-refractivity contribution in [2.24, 2.45) is 0 Å². The standard InChI is InChI=1S/C21H21ClN2O2/c1-3-16-13-23-20(24-21(16)25)11-6-15-4-7-17(8-5-15)26-18-9-10-19(22)14(2)12-18/h4-5,7-10,12-13H,3,6,11H2,1-2H3,(H,23,24,25). The van der Waals surface area contributed by atoms with Crippen molar-refractivity contribution in [3.63, 3.8) is 0 Å². The van der Waals surface area contributed by atoms with Gasteiger partial charge in [-0.1, -0.05) is 30.7 Å². The molecule has 0 aliphatic carbocycles. The van der Waals surface area contributed by atoms with Gasteiger partial charge in [0.1, 0.15) is 17.3 Å². The van der Waals surface area contributed by atoms with Crippen molar-refractivity contribution >= 4 is 11.6 Å². The fraction of sp³-hybridized carbons (Fsp3) is 0.238. The zero-order valence-electron chi connectivity index (χ0n) is 14.9. The van der Waals surface area contributed by atoms with Gasteiger partial charge in [0.15, 0.2) is 0 Å². The molecule has 0 fully saturated rings. The number of hydrogen-bond donors (Lipinski definition) is 1. The van der Waals surface area contributed by atoms with Crippen LogP contribution in [0.2, 0.25) is 5.02 Å². The zero-order chi connectivity index (χ0) is 18.5. The summed E-state index contributed by atoms with van der Waals surface area (Å²) in [4.78, 5) is 19.0. The average Bonchev–Trinajstić information content (AvgIpc) is 2.64. The highest BCUT2D eigenvalue weighted by Crippen LogP contribution is 2.26. The van der Waals surface area contributed by atoms with E-state index in [0.29, 0.717) is 24.2 Å². The monoisotopic (exact) mass is 368 g/mol. The fourth-order valence-corrected chi connectivity index (χ4v) is 2.76. The van der Waals surface area contributed by atoms with E-state index in [1.54, 1.807) is 6.20 Å². The van der Waals surface area contributed by atoms with Gasteiger partial charge >= 0.3 is 0 Å². The van der Waals surface area contributed by atoms with Crippen LogP contribution in [0.3, 0.4) is 0 Å². The summed E-state index contributed by atoms with van der Waals surface area (Å²) in [5.41, 5.74) is 2.72. The zero-order valence-corrected chi connectivity index (χ0v) is 15.6. The van der Waals surface area contributed by atoms with E-state index < -0.39 is 0 Å². The Morgan fingerprint density at radius 1 is 1.08 bits per heavy atom. The molecule has 0 spiro atoms. The number of H-pyrrole nitrogens is 1. The highest BCUT2D eigenvalue weighted by Gasteiger charge is 2.04. The molecule has 0 bridgehead atoms. The van der Waals surface area contributed by atoms with Gasteiger partial charge in [-0.2, -0.15) is 4.98 Å². The molecule has 1 N–H and O–H groups in total. The second-order valence-electron chi connectivity index (χ2n) is 6.19. The van der Waals surface area contributed by atoms with Crippen molar-refractivity contribution in [1.82, 2.24) is 9.97 Å². The van der Waals surface area contributed by atoms with Crippen molar-refractivity contribution in [3.8, 4) is 11.5 Å². The predicted molar refractivity (Wildman–Crippen MR) is 104 cm³/mol. The van der Waals surface area contributed by atoms with E-state index in [0.717, 1.165) is 34.1 Å². The molecule has 134 valence electrons. The fourth-order valence-electron chi connectivity index (χ4n) is 2.64. The molecular formula is C21H21ClN2O2. The Balaban J connectivity index is 1.61. The Labute approximate surface area is 157 Å². The molecule has 26 heavy (non-hydrogen) atoms. The van der Waals surface area contributed by atoms with Crippen molar-refractivity contribution in [3.05, 3.63) is 86.6 Å². The minimum Gasteiger partial charge on any atom is -0.457 e. The Morgan fingerprint density at radius 3 is 2.46 bits per heavy atom. The van der Waals surface area contributed by atoms with Gasteiger partial charge < -0.3 is 9.72 Å². The summed E-state index contributed by atoms with van der Waals surface area (Å²) in [5, 5.41) is 0.728. The number of nitrogens with zero attached hydrogens (tertiary/aromatic N) is 1. The summed E-state index contributed by atoms with van der Waals surface area (Å²) in [5.74, 6) is 2.25. The van der Waals surface area contributed by atoms with Crippen LogP contribution in [0.4, 0.5) is 0 Å². The largest absolute Gasteiger partial charge is 0.457 e. The maximum atomic E-state index is 11.8. The molecule has 0 aliphatic heterocycles. The highest BCUT2D eigenvalue weighted by molar-refractivity contribution is 6.31. The number of halogens is 1. The van der Waals surface area contributed by atoms with E-state index in [1.807, 2.05) is 56.3 Å². The lowest BCUT2D eigenvalue weighted by atomic mass is 10.1. The van der Waals surface area contributed by atoms with Crippen LogP contribution in [0.5, 0.6) is 11.5 Å². The summed E-state index contributed by atoms with van der Waals surface area (Å²) in [6.45, 7) is 3.89. The van der Waals surface area contributed by atoms with Gasteiger partial charge in [-0.3, -0.25) is 4.79 Å². The van der Waals surface area contributed by atoms with Gasteiger partial charge in [-0.15, -0.1) is 0 Å². The van der Waals surface area contributed by atoms with E-state index in [2.05, 4.69) is 9.97 Å². The van der Waals surface area contributed by atoms with Gasteiger partial charge in [0.25, 0.3) is 5.56 Å². The quantitative estimate of drug-likeness (QED) is 0.675. The molecule has 0 amide bonds. The Hall–Kier alpha value is -2.59. The van der Waals surface area contributed by atoms with E-state index in [-0.39, 0.29) is 5.56 Å². The van der Waals surface area contributed by atoms with Crippen LogP contribution in [0.15, 0.2) is 53.5 Å². The van der Waals surface area contributed by atoms with Crippen molar-refractivity contribution in [1.29, 1.82) is 0 Å². The van der Waals surface area contributed by atoms with E-state index in [4.69, 9.17) is 16.3 Å². The lowest BCUT2D eigenvalue weighted by Crippen LogP contribution is -2.16. The third-order valence-electron chi connectivity index (χ3n) is 4.24. The number of aromatic amines is 1. The summed E-state index contributed by atoms with van der Waals surface area (Å²) in [6, 6.07) is 13.5. The molecular weight excluding hydrogens is 348 g/mol. The molecule has 0 unspecified atom stereocenters. The number of aryl methyl sites for hydroxylation is 4. The molecule has 2 aromatic carbocycles. The molecule has 0 aliphatic rings. The second-order valence-corrected chi connectivity index (χ2v) is 6.60. The van der Waals surface area contributed by atoms with Crippen LogP contribution in [0, 0.1) is 6.92 Å². The molecule has 0 atom stereocenters. The first kappa shape index (κ1) is 18.2. The van der Waals surface area contributed by atoms with E-state index >= 15 is 0 Å². The average molecular weight is 369 g/mol. The first-order chi connectivity index (χ1) is 12.5. The van der Waals surface area contributed by atoms with Crippen LogP contribution < -0.4 is 10.3 Å². The Morgan fingerprint density at radius 2 is 1.81 bits per heavy atom. The topological polar surface area (TPSA) is 55.0 Å². The van der Waals surface area contributed by atoms with E-state index in [1.165, 1.54) is 0 Å². The number of ether oxygens (including phenoxy) is 1. The molecule has 5 heteroatoms. The molecule has 1 heterocycles. The van der Waals surface area contributed by atoms with Gasteiger partial charge in [0.05, 0.1) is 0 Å². The van der Waals surface area contributed by atoms with Crippen LogP contribution in [-0.2, 0) is 19.3 Å². The number of hydrogen-bond acceptors (Lipinski definition) is 3. The summed E-state index contributed by atoms with van der Waals surface area (Å²) in [6.07, 6.45) is 3.94. The van der Waals surface area contributed by atoms with Crippen LogP contribution in [-0.4, -0.2) is 9.97 Å². The Bertz CT molecular complexity index is 949. The number of rotatable bonds is 6. The normalized spacial score (nSPS) is 10.7. The maximum absolute atomic E-state index is 11.8. The third kappa shape index (κ3) is 4.52.